The number of rotatable bonds is 5. The molecule has 8 heteroatoms. The molecule has 1 fully saturated rings. The summed E-state index contributed by atoms with van der Waals surface area (Å²) < 4.78 is 23.7. The molecule has 0 saturated carbocycles. The lowest BCUT2D eigenvalue weighted by Crippen LogP contribution is -2.50. The topological polar surface area (TPSA) is 79.4 Å². The molecule has 1 aromatic heterocycles. The SMILES string of the molecule is CCCS(=O)(=O)CC(=O)N1CCNCC1c1cccnc1.Cl. The van der Waals surface area contributed by atoms with Crippen LogP contribution in [0.5, 0.6) is 0 Å². The van der Waals surface area contributed by atoms with Crippen LogP contribution in [-0.4, -0.2) is 55.3 Å². The summed E-state index contributed by atoms with van der Waals surface area (Å²) in [7, 11) is -3.31. The fraction of sp³-hybridized carbons (Fsp3) is 0.571. The molecule has 1 saturated heterocycles. The molecule has 0 radical (unpaired) electrons. The molecule has 0 aromatic carbocycles. The second kappa shape index (κ2) is 8.45. The highest BCUT2D eigenvalue weighted by atomic mass is 35.5. The van der Waals surface area contributed by atoms with Crippen molar-refractivity contribution in [1.29, 1.82) is 0 Å². The van der Waals surface area contributed by atoms with Gasteiger partial charge in [0.05, 0.1) is 11.8 Å². The number of pyridine rings is 1. The van der Waals surface area contributed by atoms with E-state index in [1.54, 1.807) is 24.2 Å². The molecule has 1 amide bonds. The van der Waals surface area contributed by atoms with Crippen molar-refractivity contribution in [3.05, 3.63) is 30.1 Å². The number of halogens is 1. The Hall–Kier alpha value is -1.18. The average Bonchev–Trinajstić information content (AvgIpc) is 2.47. The van der Waals surface area contributed by atoms with Crippen LogP contribution in [0.3, 0.4) is 0 Å². The van der Waals surface area contributed by atoms with Gasteiger partial charge in [0.2, 0.25) is 5.91 Å². The third-order valence-corrected chi connectivity index (χ3v) is 5.21. The van der Waals surface area contributed by atoms with Crippen LogP contribution in [0.2, 0.25) is 0 Å². The van der Waals surface area contributed by atoms with E-state index in [2.05, 4.69) is 10.3 Å². The number of amides is 1. The van der Waals surface area contributed by atoms with E-state index in [9.17, 15) is 13.2 Å². The second-order valence-corrected chi connectivity index (χ2v) is 7.37. The van der Waals surface area contributed by atoms with E-state index in [0.717, 1.165) is 5.56 Å². The third-order valence-electron chi connectivity index (χ3n) is 3.49. The quantitative estimate of drug-likeness (QED) is 0.852. The third kappa shape index (κ3) is 4.93. The minimum Gasteiger partial charge on any atom is -0.332 e. The Balaban J connectivity index is 0.00000242. The first-order valence-electron chi connectivity index (χ1n) is 7.14. The van der Waals surface area contributed by atoms with Gasteiger partial charge in [0, 0.05) is 32.0 Å². The maximum absolute atomic E-state index is 12.4. The Morgan fingerprint density at radius 3 is 2.91 bits per heavy atom. The van der Waals surface area contributed by atoms with E-state index in [0.29, 0.717) is 26.1 Å². The Morgan fingerprint density at radius 2 is 2.27 bits per heavy atom. The fourth-order valence-corrected chi connectivity index (χ4v) is 3.84. The molecule has 0 spiro atoms. The molecule has 1 N–H and O–H groups in total. The minimum atomic E-state index is -3.31. The highest BCUT2D eigenvalue weighted by Gasteiger charge is 2.30. The molecule has 22 heavy (non-hydrogen) atoms. The molecule has 2 rings (SSSR count). The Bertz CT molecular complexity index is 580. The molecular formula is C14H22ClN3O3S. The first kappa shape index (κ1) is 18.9. The van der Waals surface area contributed by atoms with Crippen molar-refractivity contribution >= 4 is 28.2 Å². The monoisotopic (exact) mass is 347 g/mol. The first-order valence-corrected chi connectivity index (χ1v) is 8.96. The van der Waals surface area contributed by atoms with E-state index in [1.807, 2.05) is 12.1 Å². The number of hydrogen-bond acceptors (Lipinski definition) is 5. The van der Waals surface area contributed by atoms with Gasteiger partial charge in [0.25, 0.3) is 0 Å². The van der Waals surface area contributed by atoms with Gasteiger partial charge in [-0.1, -0.05) is 13.0 Å². The van der Waals surface area contributed by atoms with Crippen LogP contribution in [0, 0.1) is 0 Å². The maximum atomic E-state index is 12.4. The molecule has 1 atom stereocenters. The summed E-state index contributed by atoms with van der Waals surface area (Å²) in [6.45, 7) is 3.60. The number of nitrogens with zero attached hydrogens (tertiary/aromatic N) is 2. The summed E-state index contributed by atoms with van der Waals surface area (Å²) in [5.74, 6) is -0.668. The van der Waals surface area contributed by atoms with Crippen molar-refractivity contribution in [3.63, 3.8) is 0 Å². The van der Waals surface area contributed by atoms with Crippen LogP contribution in [-0.2, 0) is 14.6 Å². The van der Waals surface area contributed by atoms with Crippen molar-refractivity contribution in [1.82, 2.24) is 15.2 Å². The van der Waals surface area contributed by atoms with E-state index in [4.69, 9.17) is 0 Å². The highest BCUT2D eigenvalue weighted by molar-refractivity contribution is 7.92. The van der Waals surface area contributed by atoms with Crippen LogP contribution < -0.4 is 5.32 Å². The molecule has 6 nitrogen and oxygen atoms in total. The molecular weight excluding hydrogens is 326 g/mol. The zero-order valence-corrected chi connectivity index (χ0v) is 14.2. The van der Waals surface area contributed by atoms with Crippen LogP contribution in [0.1, 0.15) is 24.9 Å². The highest BCUT2D eigenvalue weighted by Crippen LogP contribution is 2.21. The minimum absolute atomic E-state index is 0. The van der Waals surface area contributed by atoms with Crippen LogP contribution in [0.4, 0.5) is 0 Å². The second-order valence-electron chi connectivity index (χ2n) is 5.19. The van der Waals surface area contributed by atoms with Gasteiger partial charge in [0.15, 0.2) is 9.84 Å². The number of carbonyl (C=O) groups is 1. The standard InChI is InChI=1S/C14H21N3O3S.ClH/c1-2-8-21(19,20)11-14(18)17-7-6-16-10-13(17)12-4-3-5-15-9-12;/h3-5,9,13,16H,2,6-8,10-11H2,1H3;1H. The maximum Gasteiger partial charge on any atom is 0.238 e. The smallest absolute Gasteiger partial charge is 0.238 e. The van der Waals surface area contributed by atoms with Crippen LogP contribution in [0.15, 0.2) is 24.5 Å². The Labute approximate surface area is 137 Å². The van der Waals surface area contributed by atoms with E-state index < -0.39 is 15.6 Å². The Morgan fingerprint density at radius 1 is 1.50 bits per heavy atom. The number of piperazine rings is 1. The summed E-state index contributed by atoms with van der Waals surface area (Å²) in [6.07, 6.45) is 3.93. The number of aromatic nitrogens is 1. The van der Waals surface area contributed by atoms with Gasteiger partial charge in [-0.3, -0.25) is 9.78 Å². The van der Waals surface area contributed by atoms with E-state index in [1.165, 1.54) is 0 Å². The summed E-state index contributed by atoms with van der Waals surface area (Å²) in [6, 6.07) is 3.57. The van der Waals surface area contributed by atoms with Gasteiger partial charge < -0.3 is 10.2 Å². The zero-order chi connectivity index (χ0) is 15.3. The van der Waals surface area contributed by atoms with Gasteiger partial charge in [-0.25, -0.2) is 8.42 Å². The number of sulfone groups is 1. The van der Waals surface area contributed by atoms with Crippen molar-refractivity contribution in [3.8, 4) is 0 Å². The molecule has 1 aliphatic heterocycles. The lowest BCUT2D eigenvalue weighted by molar-refractivity contribution is -0.131. The fourth-order valence-electron chi connectivity index (χ4n) is 2.53. The Kier molecular flexibility index (Phi) is 7.25. The van der Waals surface area contributed by atoms with Crippen molar-refractivity contribution in [2.24, 2.45) is 0 Å². The van der Waals surface area contributed by atoms with Crippen molar-refractivity contribution in [2.45, 2.75) is 19.4 Å². The number of carbonyl (C=O) groups excluding carboxylic acids is 1. The van der Waals surface area contributed by atoms with Gasteiger partial charge >= 0.3 is 0 Å². The van der Waals surface area contributed by atoms with Gasteiger partial charge in [-0.2, -0.15) is 0 Å². The number of hydrogen-bond donors (Lipinski definition) is 1. The summed E-state index contributed by atoms with van der Waals surface area (Å²) in [5, 5.41) is 3.24. The lowest BCUT2D eigenvalue weighted by Gasteiger charge is -2.36. The summed E-state index contributed by atoms with van der Waals surface area (Å²) >= 11 is 0. The van der Waals surface area contributed by atoms with Crippen LogP contribution >= 0.6 is 12.4 Å². The first-order chi connectivity index (χ1) is 10.0. The molecule has 1 aliphatic rings. The predicted octanol–water partition coefficient (Wildman–Crippen LogP) is 0.801. The lowest BCUT2D eigenvalue weighted by atomic mass is 10.1. The van der Waals surface area contributed by atoms with Gasteiger partial charge in [0.1, 0.15) is 5.75 Å². The van der Waals surface area contributed by atoms with E-state index >= 15 is 0 Å². The molecule has 0 aliphatic carbocycles. The summed E-state index contributed by atoms with van der Waals surface area (Å²) in [4.78, 5) is 18.1. The molecule has 2 heterocycles. The molecule has 1 aromatic rings. The predicted molar refractivity (Wildman–Crippen MR) is 87.8 cm³/mol. The van der Waals surface area contributed by atoms with Gasteiger partial charge in [-0.05, 0) is 18.1 Å². The largest absolute Gasteiger partial charge is 0.332 e. The average molecular weight is 348 g/mol. The number of nitrogens with one attached hydrogen (secondary N) is 1. The zero-order valence-electron chi connectivity index (χ0n) is 12.6. The molecule has 124 valence electrons. The molecule has 0 bridgehead atoms. The normalized spacial score (nSPS) is 18.6. The van der Waals surface area contributed by atoms with Crippen molar-refractivity contribution < 1.29 is 13.2 Å². The van der Waals surface area contributed by atoms with Crippen molar-refractivity contribution in [2.75, 3.05) is 31.1 Å². The molecule has 1 unspecified atom stereocenters. The summed E-state index contributed by atoms with van der Waals surface area (Å²) in [5.41, 5.74) is 0.922. The van der Waals surface area contributed by atoms with E-state index in [-0.39, 0.29) is 30.1 Å². The van der Waals surface area contributed by atoms with Gasteiger partial charge in [-0.15, -0.1) is 12.4 Å². The van der Waals surface area contributed by atoms with Crippen LogP contribution in [0.25, 0.3) is 0 Å².